The van der Waals surface area contributed by atoms with Crippen molar-refractivity contribution in [3.05, 3.63) is 53.1 Å². The molecule has 2 heterocycles. The zero-order valence-electron chi connectivity index (χ0n) is 17.9. The summed E-state index contributed by atoms with van der Waals surface area (Å²) in [5.74, 6) is -0.272. The molecule has 0 saturated carbocycles. The van der Waals surface area contributed by atoms with Gasteiger partial charge in [-0.1, -0.05) is 5.57 Å². The van der Waals surface area contributed by atoms with Crippen molar-refractivity contribution in [2.24, 2.45) is 5.41 Å². The Morgan fingerprint density at radius 1 is 1.27 bits per heavy atom. The largest absolute Gasteiger partial charge is 0.444 e. The van der Waals surface area contributed by atoms with Gasteiger partial charge in [-0.05, 0) is 69.5 Å². The molecule has 1 fully saturated rings. The third-order valence-corrected chi connectivity index (χ3v) is 5.70. The van der Waals surface area contributed by atoms with E-state index in [2.05, 4.69) is 11.2 Å². The molecule has 1 aliphatic carbocycles. The zero-order chi connectivity index (χ0) is 21.5. The molecule has 1 aliphatic heterocycles. The lowest BCUT2D eigenvalue weighted by Crippen LogP contribution is -2.52. The first kappa shape index (κ1) is 20.6. The molecule has 1 atom stereocenters. The fourth-order valence-electron chi connectivity index (χ4n) is 4.41. The van der Waals surface area contributed by atoms with Crippen molar-refractivity contribution in [1.82, 2.24) is 14.7 Å². The number of likely N-dealkylation sites (tertiary alicyclic amines) is 1. The van der Waals surface area contributed by atoms with Gasteiger partial charge >= 0.3 is 6.09 Å². The molecule has 0 spiro atoms. The molecule has 1 aromatic carbocycles. The molecule has 0 unspecified atom stereocenters. The second-order valence-corrected chi connectivity index (χ2v) is 9.15. The van der Waals surface area contributed by atoms with E-state index < -0.39 is 5.60 Å². The van der Waals surface area contributed by atoms with Crippen molar-refractivity contribution in [3.8, 4) is 5.69 Å². The number of rotatable bonds is 3. The van der Waals surface area contributed by atoms with Crippen LogP contribution in [0.5, 0.6) is 0 Å². The highest BCUT2D eigenvalue weighted by atomic mass is 19.1. The van der Waals surface area contributed by atoms with Crippen LogP contribution < -0.4 is 0 Å². The van der Waals surface area contributed by atoms with Crippen LogP contribution in [0.25, 0.3) is 11.8 Å². The monoisotopic (exact) mass is 413 g/mol. The van der Waals surface area contributed by atoms with Gasteiger partial charge in [0, 0.05) is 25.6 Å². The van der Waals surface area contributed by atoms with E-state index in [4.69, 9.17) is 9.47 Å². The second kappa shape index (κ2) is 7.54. The zero-order valence-corrected chi connectivity index (χ0v) is 17.9. The Morgan fingerprint density at radius 2 is 2.00 bits per heavy atom. The standard InChI is InChI=1S/C23H28FN3O3/c1-22(2,3)30-21(28)26-10-9-17-11-20-16(12-23(17,14-26)15-29-4)13-25-27(20)19-7-5-18(24)6-8-19/h5-8,11,13H,9-10,12,14-15H2,1-4H3/t23-/m1/s1. The van der Waals surface area contributed by atoms with Crippen LogP contribution in [-0.2, 0) is 15.9 Å². The number of nitrogens with zero attached hydrogens (tertiary/aromatic N) is 3. The van der Waals surface area contributed by atoms with Gasteiger partial charge in [0.05, 0.1) is 24.2 Å². The van der Waals surface area contributed by atoms with E-state index in [0.717, 1.165) is 29.8 Å². The lowest BCUT2D eigenvalue weighted by Gasteiger charge is -2.46. The highest BCUT2D eigenvalue weighted by molar-refractivity contribution is 5.70. The van der Waals surface area contributed by atoms with E-state index in [0.29, 0.717) is 19.7 Å². The topological polar surface area (TPSA) is 56.6 Å². The van der Waals surface area contributed by atoms with Crippen molar-refractivity contribution in [3.63, 3.8) is 0 Å². The molecule has 1 aromatic heterocycles. The van der Waals surface area contributed by atoms with Crippen LogP contribution in [0, 0.1) is 11.2 Å². The first-order valence-corrected chi connectivity index (χ1v) is 10.2. The minimum Gasteiger partial charge on any atom is -0.444 e. The summed E-state index contributed by atoms with van der Waals surface area (Å²) in [7, 11) is 1.69. The normalized spacial score (nSPS) is 21.0. The molecular formula is C23H28FN3O3. The van der Waals surface area contributed by atoms with Gasteiger partial charge in [-0.15, -0.1) is 0 Å². The average Bonchev–Trinajstić information content (AvgIpc) is 3.07. The molecule has 1 saturated heterocycles. The number of halogens is 1. The number of fused-ring (bicyclic) bond motifs is 2. The minimum atomic E-state index is -0.530. The van der Waals surface area contributed by atoms with E-state index in [9.17, 15) is 9.18 Å². The van der Waals surface area contributed by atoms with Crippen molar-refractivity contribution < 1.29 is 18.7 Å². The Balaban J connectivity index is 1.65. The number of ether oxygens (including phenoxy) is 2. The summed E-state index contributed by atoms with van der Waals surface area (Å²) >= 11 is 0. The SMILES string of the molecule is COC[C@]12Cc3cnn(-c4ccc(F)cc4)c3C=C1CCN(C(=O)OC(C)(C)C)C2. The van der Waals surface area contributed by atoms with Crippen LogP contribution in [0.15, 0.2) is 36.0 Å². The van der Waals surface area contributed by atoms with E-state index in [1.54, 1.807) is 24.1 Å². The van der Waals surface area contributed by atoms with Crippen LogP contribution in [0.4, 0.5) is 9.18 Å². The Labute approximate surface area is 176 Å². The number of aromatic nitrogens is 2. The molecule has 2 aromatic rings. The lowest BCUT2D eigenvalue weighted by atomic mass is 9.69. The third-order valence-electron chi connectivity index (χ3n) is 5.70. The summed E-state index contributed by atoms with van der Waals surface area (Å²) in [4.78, 5) is 14.5. The van der Waals surface area contributed by atoms with Crippen LogP contribution in [0.2, 0.25) is 0 Å². The molecule has 7 heteroatoms. The van der Waals surface area contributed by atoms with Gasteiger partial charge < -0.3 is 14.4 Å². The summed E-state index contributed by atoms with van der Waals surface area (Å²) in [6.07, 6.45) is 5.21. The van der Waals surface area contributed by atoms with Crippen molar-refractivity contribution in [2.45, 2.75) is 39.2 Å². The number of benzene rings is 1. The molecule has 0 N–H and O–H groups in total. The quantitative estimate of drug-likeness (QED) is 0.756. The molecule has 0 bridgehead atoms. The minimum absolute atomic E-state index is 0.272. The number of carbonyl (C=O) groups excluding carboxylic acids is 1. The van der Waals surface area contributed by atoms with E-state index in [1.807, 2.05) is 31.6 Å². The lowest BCUT2D eigenvalue weighted by molar-refractivity contribution is 0.00114. The molecule has 1 amide bonds. The van der Waals surface area contributed by atoms with Crippen LogP contribution in [0.1, 0.15) is 38.4 Å². The Hall–Kier alpha value is -2.67. The predicted molar refractivity (Wildman–Crippen MR) is 112 cm³/mol. The van der Waals surface area contributed by atoms with E-state index in [-0.39, 0.29) is 17.3 Å². The Morgan fingerprint density at radius 3 is 2.67 bits per heavy atom. The molecule has 30 heavy (non-hydrogen) atoms. The second-order valence-electron chi connectivity index (χ2n) is 9.15. The maximum absolute atomic E-state index is 13.3. The number of piperidine rings is 1. The first-order valence-electron chi connectivity index (χ1n) is 10.2. The average molecular weight is 413 g/mol. The number of amides is 1. The fourth-order valence-corrected chi connectivity index (χ4v) is 4.41. The maximum Gasteiger partial charge on any atom is 0.410 e. The summed E-state index contributed by atoms with van der Waals surface area (Å²) in [6.45, 7) is 7.29. The van der Waals surface area contributed by atoms with Gasteiger partial charge in [0.25, 0.3) is 0 Å². The first-order chi connectivity index (χ1) is 14.2. The maximum atomic E-state index is 13.3. The van der Waals surface area contributed by atoms with Crippen LogP contribution >= 0.6 is 0 Å². The van der Waals surface area contributed by atoms with Crippen molar-refractivity contribution in [1.29, 1.82) is 0 Å². The molecule has 6 nitrogen and oxygen atoms in total. The highest BCUT2D eigenvalue weighted by Gasteiger charge is 2.45. The fraction of sp³-hybridized carbons (Fsp3) is 0.478. The summed E-state index contributed by atoms with van der Waals surface area (Å²) in [5.41, 5.74) is 3.34. The summed E-state index contributed by atoms with van der Waals surface area (Å²) in [6, 6.07) is 6.33. The highest BCUT2D eigenvalue weighted by Crippen LogP contribution is 2.44. The number of hydrogen-bond acceptors (Lipinski definition) is 4. The summed E-state index contributed by atoms with van der Waals surface area (Å²) in [5, 5.41) is 4.55. The van der Waals surface area contributed by atoms with E-state index >= 15 is 0 Å². The smallest absolute Gasteiger partial charge is 0.410 e. The van der Waals surface area contributed by atoms with Crippen molar-refractivity contribution >= 4 is 12.2 Å². The molecule has 2 aliphatic rings. The number of hydrogen-bond donors (Lipinski definition) is 0. The molecule has 4 rings (SSSR count). The predicted octanol–water partition coefficient (Wildman–Crippen LogP) is 4.22. The van der Waals surface area contributed by atoms with Crippen LogP contribution in [0.3, 0.4) is 0 Å². The molecule has 160 valence electrons. The van der Waals surface area contributed by atoms with Gasteiger partial charge in [0.2, 0.25) is 0 Å². The van der Waals surface area contributed by atoms with Crippen molar-refractivity contribution in [2.75, 3.05) is 26.8 Å². The van der Waals surface area contributed by atoms with Crippen LogP contribution in [-0.4, -0.2) is 53.2 Å². The summed E-state index contributed by atoms with van der Waals surface area (Å²) < 4.78 is 26.4. The third kappa shape index (κ3) is 3.86. The van der Waals surface area contributed by atoms with Gasteiger partial charge in [0.1, 0.15) is 11.4 Å². The Bertz CT molecular complexity index is 975. The number of methoxy groups -OCH3 is 1. The Kier molecular flexibility index (Phi) is 5.18. The van der Waals surface area contributed by atoms with Gasteiger partial charge in [-0.2, -0.15) is 5.10 Å². The van der Waals surface area contributed by atoms with Gasteiger partial charge in [0.15, 0.2) is 0 Å². The van der Waals surface area contributed by atoms with Gasteiger partial charge in [-0.25, -0.2) is 13.9 Å². The van der Waals surface area contributed by atoms with Gasteiger partial charge in [-0.3, -0.25) is 0 Å². The molecule has 0 radical (unpaired) electrons. The number of carbonyl (C=O) groups is 1. The molecular weight excluding hydrogens is 385 g/mol. The van der Waals surface area contributed by atoms with E-state index in [1.165, 1.54) is 17.7 Å².